The molecule has 4 fully saturated rings. The summed E-state index contributed by atoms with van der Waals surface area (Å²) in [5.74, 6) is -4.86. The molecule has 3 saturated carbocycles. The predicted octanol–water partition coefficient (Wildman–Crippen LogP) is 2.53. The third-order valence-corrected chi connectivity index (χ3v) is 13.6. The number of benzene rings is 1. The number of rotatable bonds is 7. The van der Waals surface area contributed by atoms with Gasteiger partial charge >= 0.3 is 11.9 Å². The van der Waals surface area contributed by atoms with Crippen molar-refractivity contribution in [1.82, 2.24) is 5.32 Å². The number of Topliss-reactive ketones (excluding diaryl/α,β-unsaturated/α-hetero) is 1. The zero-order valence-electron chi connectivity index (χ0n) is 33.5. The Morgan fingerprint density at radius 2 is 1.57 bits per heavy atom. The van der Waals surface area contributed by atoms with Crippen LogP contribution in [0.4, 0.5) is 0 Å². The SMILES string of the molecule is CC1=C2C(O)C(=O)[C@]3(C)C(O)CC4OC[C@@]4(O)C3C(OC(=O)c3ccccc3)C(O)(CC1OC(=O)C(O)C(NC(=O)C(C)(C)C)C1CCCCC1)C2(C)C.[Ac].[Ac]. The summed E-state index contributed by atoms with van der Waals surface area (Å²) >= 11 is 0. The third kappa shape index (κ3) is 8.09. The van der Waals surface area contributed by atoms with E-state index in [0.717, 1.165) is 19.3 Å². The van der Waals surface area contributed by atoms with Gasteiger partial charge in [0.2, 0.25) is 5.91 Å². The molecular formula is C41H57Ac2NO12. The van der Waals surface area contributed by atoms with Crippen molar-refractivity contribution in [2.45, 2.75) is 147 Å². The topological polar surface area (TPSA) is 209 Å². The van der Waals surface area contributed by atoms with Crippen LogP contribution in [0.2, 0.25) is 0 Å². The van der Waals surface area contributed by atoms with Gasteiger partial charge in [0, 0.05) is 118 Å². The summed E-state index contributed by atoms with van der Waals surface area (Å²) in [6.45, 7) is 11.0. The van der Waals surface area contributed by atoms with Crippen LogP contribution in [0.5, 0.6) is 0 Å². The molecule has 1 saturated heterocycles. The summed E-state index contributed by atoms with van der Waals surface area (Å²) in [4.78, 5) is 55.9. The van der Waals surface area contributed by atoms with Crippen LogP contribution in [0.15, 0.2) is 41.5 Å². The van der Waals surface area contributed by atoms with Crippen molar-refractivity contribution in [3.63, 3.8) is 0 Å². The first kappa shape index (κ1) is 48.4. The average molecular weight is 1210 g/mol. The maximum Gasteiger partial charge on any atom is 0.338 e. The summed E-state index contributed by atoms with van der Waals surface area (Å²) in [5.41, 5.74) is -8.07. The largest absolute Gasteiger partial charge is 0.456 e. The summed E-state index contributed by atoms with van der Waals surface area (Å²) in [6.07, 6.45) is -5.73. The number of amides is 1. The Bertz CT molecular complexity index is 1690. The summed E-state index contributed by atoms with van der Waals surface area (Å²) in [5, 5.41) is 63.7. The van der Waals surface area contributed by atoms with Crippen LogP contribution in [-0.4, -0.2) is 110 Å². The quantitative estimate of drug-likeness (QED) is 0.172. The zero-order chi connectivity index (χ0) is 39.8. The molecule has 1 aromatic rings. The number of fused-ring (bicyclic) bond motifs is 5. The summed E-state index contributed by atoms with van der Waals surface area (Å²) < 4.78 is 17.9. The van der Waals surface area contributed by atoms with E-state index in [4.69, 9.17) is 14.2 Å². The second-order valence-corrected chi connectivity index (χ2v) is 18.1. The maximum atomic E-state index is 14.7. The molecule has 1 amide bonds. The minimum atomic E-state index is -2.26. The fourth-order valence-corrected chi connectivity index (χ4v) is 10.0. The number of carbonyl (C=O) groups excluding carboxylic acids is 4. The Labute approximate surface area is 400 Å². The van der Waals surface area contributed by atoms with Gasteiger partial charge in [0.1, 0.15) is 29.5 Å². The first-order valence-electron chi connectivity index (χ1n) is 19.2. The number of aliphatic hydroxyl groups excluding tert-OH is 3. The van der Waals surface area contributed by atoms with E-state index in [2.05, 4.69) is 5.32 Å². The fraction of sp³-hybridized carbons (Fsp3) is 0.707. The second kappa shape index (κ2) is 17.6. The molecule has 4 aliphatic carbocycles. The van der Waals surface area contributed by atoms with Gasteiger partial charge in [-0.3, -0.25) is 9.59 Å². The fourth-order valence-electron chi connectivity index (χ4n) is 10.0. The Hall–Kier alpha value is -0.317. The van der Waals surface area contributed by atoms with Crippen LogP contribution in [0, 0.1) is 116 Å². The van der Waals surface area contributed by atoms with E-state index in [1.54, 1.807) is 59.7 Å². The number of carbonyl (C=O) groups is 4. The van der Waals surface area contributed by atoms with Crippen LogP contribution in [0.1, 0.15) is 104 Å². The molecule has 0 aromatic heterocycles. The third-order valence-electron chi connectivity index (χ3n) is 13.6. The van der Waals surface area contributed by atoms with E-state index >= 15 is 0 Å². The van der Waals surface area contributed by atoms with Crippen molar-refractivity contribution < 1.29 is 147 Å². The Kier molecular flexibility index (Phi) is 15.2. The van der Waals surface area contributed by atoms with Crippen LogP contribution >= 0.6 is 0 Å². The average Bonchev–Trinajstić information content (AvgIpc) is 3.12. The number of hydrogen-bond acceptors (Lipinski definition) is 12. The Morgan fingerprint density at radius 3 is 2.12 bits per heavy atom. The molecule has 2 radical (unpaired) electrons. The molecule has 11 atom stereocenters. The molecule has 2 bridgehead atoms. The molecule has 0 spiro atoms. The van der Waals surface area contributed by atoms with E-state index < -0.39 is 100 Å². The molecule has 6 N–H and O–H groups in total. The number of ketones is 1. The van der Waals surface area contributed by atoms with E-state index in [1.807, 2.05) is 0 Å². The minimum absolute atomic E-state index is 0. The monoisotopic (exact) mass is 1210 g/mol. The molecular weight excluding hydrogens is 1150 g/mol. The predicted molar refractivity (Wildman–Crippen MR) is 193 cm³/mol. The molecule has 15 heteroatoms. The summed E-state index contributed by atoms with van der Waals surface area (Å²) in [6, 6.07) is 7.02. The summed E-state index contributed by atoms with van der Waals surface area (Å²) in [7, 11) is 0. The molecule has 56 heavy (non-hydrogen) atoms. The molecule has 9 unspecified atom stereocenters. The maximum absolute atomic E-state index is 14.7. The van der Waals surface area contributed by atoms with Crippen molar-refractivity contribution in [2.75, 3.05) is 6.61 Å². The van der Waals surface area contributed by atoms with Gasteiger partial charge in [-0.2, -0.15) is 0 Å². The number of aliphatic hydroxyl groups is 5. The molecule has 5 aliphatic rings. The van der Waals surface area contributed by atoms with Crippen LogP contribution in [-0.2, 0) is 28.6 Å². The van der Waals surface area contributed by atoms with Crippen molar-refractivity contribution in [3.8, 4) is 0 Å². The smallest absolute Gasteiger partial charge is 0.338 e. The number of ether oxygens (including phenoxy) is 3. The minimum Gasteiger partial charge on any atom is -0.456 e. The molecule has 13 nitrogen and oxygen atoms in total. The first-order valence-corrected chi connectivity index (χ1v) is 19.2. The van der Waals surface area contributed by atoms with E-state index in [1.165, 1.54) is 19.1 Å². The van der Waals surface area contributed by atoms with E-state index in [0.29, 0.717) is 12.8 Å². The molecule has 1 heterocycles. The van der Waals surface area contributed by atoms with Gasteiger partial charge in [-0.05, 0) is 55.9 Å². The first-order chi connectivity index (χ1) is 25.1. The van der Waals surface area contributed by atoms with Gasteiger partial charge in [0.25, 0.3) is 0 Å². The molecule has 304 valence electrons. The molecule has 1 aromatic carbocycles. The Balaban J connectivity index is 0.00000348. The van der Waals surface area contributed by atoms with Crippen molar-refractivity contribution in [1.29, 1.82) is 0 Å². The zero-order valence-corrected chi connectivity index (χ0v) is 43.0. The number of hydrogen-bond donors (Lipinski definition) is 6. The van der Waals surface area contributed by atoms with Gasteiger partial charge in [-0.1, -0.05) is 72.1 Å². The second-order valence-electron chi connectivity index (χ2n) is 18.1. The van der Waals surface area contributed by atoms with Crippen molar-refractivity contribution in [2.24, 2.45) is 28.1 Å². The van der Waals surface area contributed by atoms with E-state index in [9.17, 15) is 44.7 Å². The van der Waals surface area contributed by atoms with Gasteiger partial charge in [-0.25, -0.2) is 9.59 Å². The normalized spacial score (nSPS) is 36.3. The standard InChI is InChI=1S/C41H57NO12.2Ac/c1-21-24(53-35(48)30(45)28(22-14-10-8-11-15-22)42-36(49)37(2,3)4)19-41(51)33(54-34(47)23-16-12-9-13-17-23)31-39(7,25(43)18-26-40(31,50)20-52-26)32(46)29(44)27(21)38(41,5)6;;/h9,12-13,16-17,22,24-26,28-31,33,43-45,50-51H,8,10-11,14-15,18-20H2,1-7H3,(H,42,49);;/t24?,25?,26?,28?,29?,30?,31?,33?,39-,40+,41?;;/m1../s1. The molecule has 6 rings (SSSR count). The van der Waals surface area contributed by atoms with Crippen molar-refractivity contribution in [3.05, 3.63) is 47.0 Å². The molecule has 1 aliphatic heterocycles. The van der Waals surface area contributed by atoms with Gasteiger partial charge < -0.3 is 45.1 Å². The number of nitrogens with one attached hydrogen (secondary N) is 1. The van der Waals surface area contributed by atoms with Gasteiger partial charge in [0.15, 0.2) is 11.9 Å². The van der Waals surface area contributed by atoms with Gasteiger partial charge in [0.05, 0.1) is 35.8 Å². The van der Waals surface area contributed by atoms with Gasteiger partial charge in [-0.15, -0.1) is 0 Å². The van der Waals surface area contributed by atoms with Crippen LogP contribution in [0.25, 0.3) is 0 Å². The van der Waals surface area contributed by atoms with E-state index in [-0.39, 0.29) is 130 Å². The Morgan fingerprint density at radius 1 is 0.964 bits per heavy atom. The van der Waals surface area contributed by atoms with Crippen LogP contribution < -0.4 is 5.32 Å². The van der Waals surface area contributed by atoms with Crippen LogP contribution in [0.3, 0.4) is 0 Å². The number of esters is 2. The van der Waals surface area contributed by atoms with Crippen molar-refractivity contribution >= 4 is 23.6 Å².